The molecule has 122 valence electrons. The van der Waals surface area contributed by atoms with Crippen LogP contribution >= 0.6 is 0 Å². The van der Waals surface area contributed by atoms with Gasteiger partial charge in [0.25, 0.3) is 0 Å². The molecule has 2 aliphatic heterocycles. The fourth-order valence-corrected chi connectivity index (χ4v) is 3.58. The summed E-state index contributed by atoms with van der Waals surface area (Å²) in [6.45, 7) is 4.43. The van der Waals surface area contributed by atoms with Crippen molar-refractivity contribution in [1.82, 2.24) is 19.7 Å². The number of piperidine rings is 1. The summed E-state index contributed by atoms with van der Waals surface area (Å²) in [5, 5.41) is 0. The maximum atomic E-state index is 12.1. The molecule has 2 saturated heterocycles. The largest absolute Gasteiger partial charge is 0.439 e. The number of rotatable bonds is 3. The zero-order valence-corrected chi connectivity index (χ0v) is 13.4. The number of para-hydroxylation sites is 2. The lowest BCUT2D eigenvalue weighted by molar-refractivity contribution is 0.122. The summed E-state index contributed by atoms with van der Waals surface area (Å²) in [4.78, 5) is 22.9. The number of oxazole rings is 1. The molecule has 1 aromatic heterocycles. The van der Waals surface area contributed by atoms with Crippen molar-refractivity contribution >= 4 is 17.1 Å². The van der Waals surface area contributed by atoms with Gasteiger partial charge in [-0.3, -0.25) is 4.90 Å². The molecular weight excluding hydrogens is 292 g/mol. The third-order valence-corrected chi connectivity index (χ3v) is 4.94. The Morgan fingerprint density at radius 3 is 2.65 bits per heavy atom. The Morgan fingerprint density at radius 1 is 1.17 bits per heavy atom. The lowest BCUT2D eigenvalue weighted by Gasteiger charge is -2.35. The number of likely N-dealkylation sites (N-methyl/N-ethyl adjacent to an activating group) is 1. The number of hydrogen-bond donors (Lipinski definition) is 0. The van der Waals surface area contributed by atoms with Crippen LogP contribution in [0, 0.1) is 0 Å². The first-order valence-electron chi connectivity index (χ1n) is 8.29. The van der Waals surface area contributed by atoms with E-state index in [1.807, 2.05) is 41.1 Å². The highest BCUT2D eigenvalue weighted by atomic mass is 16.3. The van der Waals surface area contributed by atoms with Crippen molar-refractivity contribution in [2.24, 2.45) is 0 Å². The zero-order chi connectivity index (χ0) is 15.8. The molecule has 0 spiro atoms. The van der Waals surface area contributed by atoms with E-state index in [0.717, 1.165) is 62.6 Å². The van der Waals surface area contributed by atoms with Crippen LogP contribution in [0.15, 0.2) is 28.7 Å². The van der Waals surface area contributed by atoms with E-state index in [-0.39, 0.29) is 6.03 Å². The normalized spacial score (nSPS) is 20.8. The van der Waals surface area contributed by atoms with E-state index in [2.05, 4.69) is 9.88 Å². The van der Waals surface area contributed by atoms with Crippen LogP contribution in [-0.4, -0.2) is 65.0 Å². The van der Waals surface area contributed by atoms with Crippen molar-refractivity contribution < 1.29 is 9.21 Å². The summed E-state index contributed by atoms with van der Waals surface area (Å²) in [5.74, 6) is 0.779. The molecule has 2 fully saturated rings. The van der Waals surface area contributed by atoms with Gasteiger partial charge >= 0.3 is 6.03 Å². The molecule has 0 bridgehead atoms. The molecular formula is C17H22N4O2. The van der Waals surface area contributed by atoms with Crippen molar-refractivity contribution in [3.05, 3.63) is 30.2 Å². The van der Waals surface area contributed by atoms with Gasteiger partial charge < -0.3 is 14.2 Å². The lowest BCUT2D eigenvalue weighted by atomic mass is 10.0. The van der Waals surface area contributed by atoms with Gasteiger partial charge in [-0.1, -0.05) is 12.1 Å². The topological polar surface area (TPSA) is 52.8 Å². The number of carbonyl (C=O) groups is 1. The molecule has 4 rings (SSSR count). The van der Waals surface area contributed by atoms with Gasteiger partial charge in [-0.2, -0.15) is 0 Å². The van der Waals surface area contributed by atoms with Crippen LogP contribution in [0.25, 0.3) is 11.1 Å². The third-order valence-electron chi connectivity index (χ3n) is 4.94. The summed E-state index contributed by atoms with van der Waals surface area (Å²) in [7, 11) is 1.88. The van der Waals surface area contributed by atoms with Gasteiger partial charge in [0.2, 0.25) is 5.89 Å². The van der Waals surface area contributed by atoms with Crippen LogP contribution in [0.1, 0.15) is 18.7 Å². The Morgan fingerprint density at radius 2 is 1.96 bits per heavy atom. The molecule has 2 aromatic rings. The Hall–Kier alpha value is -2.08. The van der Waals surface area contributed by atoms with E-state index < -0.39 is 0 Å². The van der Waals surface area contributed by atoms with Gasteiger partial charge in [-0.05, 0) is 25.0 Å². The maximum absolute atomic E-state index is 12.1. The highest BCUT2D eigenvalue weighted by molar-refractivity contribution is 5.76. The molecule has 6 heteroatoms. The van der Waals surface area contributed by atoms with Gasteiger partial charge in [-0.25, -0.2) is 9.78 Å². The number of benzene rings is 1. The molecule has 0 atom stereocenters. The molecule has 0 N–H and O–H groups in total. The molecule has 1 aromatic carbocycles. The van der Waals surface area contributed by atoms with Crippen molar-refractivity contribution in [2.75, 3.05) is 33.2 Å². The van der Waals surface area contributed by atoms with E-state index in [9.17, 15) is 4.79 Å². The Labute approximate surface area is 135 Å². The van der Waals surface area contributed by atoms with Crippen molar-refractivity contribution in [3.63, 3.8) is 0 Å². The molecule has 3 heterocycles. The number of nitrogens with zero attached hydrogens (tertiary/aromatic N) is 4. The monoisotopic (exact) mass is 314 g/mol. The van der Waals surface area contributed by atoms with E-state index in [1.165, 1.54) is 0 Å². The SMILES string of the molecule is CN1CCN(C2CCN(Cc3nc4ccccc4o3)CC2)C1=O. The lowest BCUT2D eigenvalue weighted by Crippen LogP contribution is -2.46. The predicted octanol–water partition coefficient (Wildman–Crippen LogP) is 2.16. The Balaban J connectivity index is 1.35. The smallest absolute Gasteiger partial charge is 0.320 e. The number of urea groups is 1. The standard InChI is InChI=1S/C17H22N4O2/c1-19-10-11-21(17(19)22)13-6-8-20(9-7-13)12-16-18-14-4-2-3-5-15(14)23-16/h2-5,13H,6-12H2,1H3. The summed E-state index contributed by atoms with van der Waals surface area (Å²) < 4.78 is 5.80. The summed E-state index contributed by atoms with van der Waals surface area (Å²) in [5.41, 5.74) is 1.77. The van der Waals surface area contributed by atoms with Crippen LogP contribution in [0.4, 0.5) is 4.79 Å². The fraction of sp³-hybridized carbons (Fsp3) is 0.529. The summed E-state index contributed by atoms with van der Waals surface area (Å²) in [6.07, 6.45) is 2.06. The third kappa shape index (κ3) is 2.79. The van der Waals surface area contributed by atoms with Gasteiger partial charge in [0.05, 0.1) is 6.54 Å². The van der Waals surface area contributed by atoms with Crippen molar-refractivity contribution in [3.8, 4) is 0 Å². The van der Waals surface area contributed by atoms with Crippen LogP contribution < -0.4 is 0 Å². The van der Waals surface area contributed by atoms with Crippen molar-refractivity contribution in [1.29, 1.82) is 0 Å². The second kappa shape index (κ2) is 5.85. The van der Waals surface area contributed by atoms with Crippen LogP contribution in [0.2, 0.25) is 0 Å². The van der Waals surface area contributed by atoms with Gasteiger partial charge in [0.15, 0.2) is 5.58 Å². The van der Waals surface area contributed by atoms with Crippen LogP contribution in [0.5, 0.6) is 0 Å². The molecule has 23 heavy (non-hydrogen) atoms. The minimum absolute atomic E-state index is 0.183. The Bertz CT molecular complexity index is 672. The molecule has 0 unspecified atom stereocenters. The van der Waals surface area contributed by atoms with Gasteiger partial charge in [0, 0.05) is 39.3 Å². The molecule has 6 nitrogen and oxygen atoms in total. The predicted molar refractivity (Wildman–Crippen MR) is 87.0 cm³/mol. The van der Waals surface area contributed by atoms with Gasteiger partial charge in [-0.15, -0.1) is 0 Å². The Kier molecular flexibility index (Phi) is 3.69. The molecule has 0 aliphatic carbocycles. The van der Waals surface area contributed by atoms with E-state index in [1.54, 1.807) is 0 Å². The van der Waals surface area contributed by atoms with E-state index in [0.29, 0.717) is 6.04 Å². The van der Waals surface area contributed by atoms with Crippen LogP contribution in [0.3, 0.4) is 0 Å². The molecule has 2 aliphatic rings. The summed E-state index contributed by atoms with van der Waals surface area (Å²) in [6, 6.07) is 8.43. The molecule has 0 radical (unpaired) electrons. The zero-order valence-electron chi connectivity index (χ0n) is 13.4. The average Bonchev–Trinajstić information content (AvgIpc) is 3.12. The van der Waals surface area contributed by atoms with E-state index in [4.69, 9.17) is 4.42 Å². The second-order valence-electron chi connectivity index (χ2n) is 6.48. The van der Waals surface area contributed by atoms with E-state index >= 15 is 0 Å². The number of fused-ring (bicyclic) bond motifs is 1. The van der Waals surface area contributed by atoms with Crippen molar-refractivity contribution in [2.45, 2.75) is 25.4 Å². The highest BCUT2D eigenvalue weighted by Crippen LogP contribution is 2.22. The number of carbonyl (C=O) groups excluding carboxylic acids is 1. The molecule has 2 amide bonds. The number of hydrogen-bond acceptors (Lipinski definition) is 4. The van der Waals surface area contributed by atoms with Crippen LogP contribution in [-0.2, 0) is 6.54 Å². The minimum Gasteiger partial charge on any atom is -0.439 e. The highest BCUT2D eigenvalue weighted by Gasteiger charge is 2.33. The second-order valence-corrected chi connectivity index (χ2v) is 6.48. The minimum atomic E-state index is 0.183. The first-order valence-corrected chi connectivity index (χ1v) is 8.29. The maximum Gasteiger partial charge on any atom is 0.320 e. The number of amides is 2. The first kappa shape index (κ1) is 14.5. The average molecular weight is 314 g/mol. The molecule has 0 saturated carbocycles. The number of aromatic nitrogens is 1. The summed E-state index contributed by atoms with van der Waals surface area (Å²) >= 11 is 0. The van der Waals surface area contributed by atoms with Gasteiger partial charge in [0.1, 0.15) is 5.52 Å². The fourth-order valence-electron chi connectivity index (χ4n) is 3.58. The quantitative estimate of drug-likeness (QED) is 0.871. The number of likely N-dealkylation sites (tertiary alicyclic amines) is 1. The first-order chi connectivity index (χ1) is 11.2.